The van der Waals surface area contributed by atoms with Gasteiger partial charge >= 0.3 is 12.1 Å². The van der Waals surface area contributed by atoms with Gasteiger partial charge in [0.05, 0.1) is 28.4 Å². The summed E-state index contributed by atoms with van der Waals surface area (Å²) in [5, 5.41) is 15.5. The van der Waals surface area contributed by atoms with E-state index in [2.05, 4.69) is 15.6 Å². The van der Waals surface area contributed by atoms with E-state index >= 15 is 0 Å². The lowest BCUT2D eigenvalue weighted by Crippen LogP contribution is -2.29. The molecule has 0 radical (unpaired) electrons. The van der Waals surface area contributed by atoms with Gasteiger partial charge in [0, 0.05) is 30.5 Å². The van der Waals surface area contributed by atoms with Crippen LogP contribution < -0.4 is 10.6 Å². The van der Waals surface area contributed by atoms with Gasteiger partial charge < -0.3 is 20.3 Å². The number of aryl methyl sites for hydroxylation is 1. The van der Waals surface area contributed by atoms with Crippen LogP contribution in [-0.2, 0) is 13.2 Å². The number of nitrogens with one attached hydrogen (secondary N) is 2. The van der Waals surface area contributed by atoms with Gasteiger partial charge in [0.15, 0.2) is 0 Å². The first kappa shape index (κ1) is 23.8. The summed E-state index contributed by atoms with van der Waals surface area (Å²) in [7, 11) is 1.68. The van der Waals surface area contributed by atoms with Crippen LogP contribution in [0.2, 0.25) is 0 Å². The third-order valence-electron chi connectivity index (χ3n) is 5.68. The molecule has 0 fully saturated rings. The Morgan fingerprint density at radius 2 is 1.80 bits per heavy atom. The quantitative estimate of drug-likeness (QED) is 0.336. The molecule has 7 nitrogen and oxygen atoms in total. The third-order valence-corrected chi connectivity index (χ3v) is 5.68. The zero-order chi connectivity index (χ0) is 25.3. The number of rotatable bonds is 6. The molecule has 1 atom stereocenters. The van der Waals surface area contributed by atoms with Crippen LogP contribution in [-0.4, -0.2) is 26.5 Å². The van der Waals surface area contributed by atoms with Crippen LogP contribution in [0, 0.1) is 0 Å². The van der Waals surface area contributed by atoms with Crippen LogP contribution in [0.3, 0.4) is 0 Å². The number of aromatic carboxylic acids is 1. The molecule has 0 aliphatic heterocycles. The molecule has 2 aromatic carbocycles. The van der Waals surface area contributed by atoms with Crippen molar-refractivity contribution in [3.63, 3.8) is 0 Å². The molecule has 0 saturated carbocycles. The summed E-state index contributed by atoms with van der Waals surface area (Å²) in [5.41, 5.74) is 1.36. The van der Waals surface area contributed by atoms with Gasteiger partial charge in [-0.3, -0.25) is 9.78 Å². The Balaban J connectivity index is 1.69. The third kappa shape index (κ3) is 4.81. The fraction of sp³-hybridized carbons (Fsp3) is 0.160. The maximum Gasteiger partial charge on any atom is 0.416 e. The van der Waals surface area contributed by atoms with Gasteiger partial charge in [-0.1, -0.05) is 18.2 Å². The number of carboxylic acid groups (broad SMARTS) is 1. The van der Waals surface area contributed by atoms with E-state index in [9.17, 15) is 22.8 Å². The van der Waals surface area contributed by atoms with Crippen molar-refractivity contribution in [3.8, 4) is 0 Å². The number of carbonyl (C=O) groups is 2. The van der Waals surface area contributed by atoms with E-state index in [1.165, 1.54) is 30.5 Å². The molecule has 4 aromatic rings. The zero-order valence-electron chi connectivity index (χ0n) is 18.7. The zero-order valence-corrected chi connectivity index (χ0v) is 18.7. The number of aromatic nitrogens is 2. The van der Waals surface area contributed by atoms with Crippen molar-refractivity contribution in [2.75, 3.05) is 5.32 Å². The molecule has 3 N–H and O–H groups in total. The van der Waals surface area contributed by atoms with E-state index in [4.69, 9.17) is 5.11 Å². The fourth-order valence-corrected chi connectivity index (χ4v) is 3.86. The first-order valence-electron chi connectivity index (χ1n) is 10.6. The summed E-state index contributed by atoms with van der Waals surface area (Å²) in [4.78, 5) is 28.6. The van der Waals surface area contributed by atoms with E-state index in [1.807, 2.05) is 0 Å². The van der Waals surface area contributed by atoms with Gasteiger partial charge in [-0.25, -0.2) is 4.79 Å². The monoisotopic (exact) mass is 482 g/mol. The van der Waals surface area contributed by atoms with E-state index < -0.39 is 29.7 Å². The standard InChI is InChI=1S/C25H21F3N4O3/c1-14(15-6-8-16(9-7-15)24(34)35)30-23(33)22-21(19-13-29-11-10-20(19)32(22)2)31-18-5-3-4-17(12-18)25(26,27)28/h3-14,31H,1-2H3,(H,30,33)(H,34,35)/t14-/m0/s1. The van der Waals surface area contributed by atoms with E-state index in [-0.39, 0.29) is 16.9 Å². The van der Waals surface area contributed by atoms with Gasteiger partial charge in [0.1, 0.15) is 5.69 Å². The highest BCUT2D eigenvalue weighted by Gasteiger charge is 2.31. The normalized spacial score (nSPS) is 12.4. The summed E-state index contributed by atoms with van der Waals surface area (Å²) in [6.45, 7) is 1.75. The Kier molecular flexibility index (Phi) is 6.21. The fourth-order valence-electron chi connectivity index (χ4n) is 3.86. The van der Waals surface area contributed by atoms with Crippen molar-refractivity contribution >= 4 is 34.2 Å². The lowest BCUT2D eigenvalue weighted by Gasteiger charge is -2.17. The maximum atomic E-state index is 13.4. The Labute approximate surface area is 198 Å². The number of alkyl halides is 3. The van der Waals surface area contributed by atoms with Gasteiger partial charge in [0.25, 0.3) is 5.91 Å². The molecule has 180 valence electrons. The minimum absolute atomic E-state index is 0.126. The molecule has 0 aliphatic rings. The average Bonchev–Trinajstić information content (AvgIpc) is 3.10. The lowest BCUT2D eigenvalue weighted by molar-refractivity contribution is -0.137. The number of carboxylic acids is 1. The Bertz CT molecular complexity index is 1410. The van der Waals surface area contributed by atoms with Gasteiger partial charge in [-0.15, -0.1) is 0 Å². The molecular weight excluding hydrogens is 461 g/mol. The molecule has 0 saturated heterocycles. The predicted molar refractivity (Wildman–Crippen MR) is 125 cm³/mol. The smallest absolute Gasteiger partial charge is 0.416 e. The summed E-state index contributed by atoms with van der Waals surface area (Å²) >= 11 is 0. The summed E-state index contributed by atoms with van der Waals surface area (Å²) in [6, 6.07) is 12.1. The second-order valence-corrected chi connectivity index (χ2v) is 8.00. The van der Waals surface area contributed by atoms with E-state index in [1.54, 1.807) is 42.9 Å². The Morgan fingerprint density at radius 1 is 1.09 bits per heavy atom. The van der Waals surface area contributed by atoms with Crippen molar-refractivity contribution in [1.82, 2.24) is 14.9 Å². The van der Waals surface area contributed by atoms with Crippen LogP contribution in [0.1, 0.15) is 44.9 Å². The van der Waals surface area contributed by atoms with Crippen LogP contribution >= 0.6 is 0 Å². The Morgan fingerprint density at radius 3 is 2.46 bits per heavy atom. The molecule has 4 rings (SSSR count). The Hall–Kier alpha value is -4.34. The highest BCUT2D eigenvalue weighted by molar-refractivity contribution is 6.09. The number of fused-ring (bicyclic) bond motifs is 1. The molecule has 10 heteroatoms. The molecule has 0 bridgehead atoms. The van der Waals surface area contributed by atoms with E-state index in [0.29, 0.717) is 22.2 Å². The van der Waals surface area contributed by atoms with Crippen molar-refractivity contribution in [2.45, 2.75) is 19.1 Å². The second-order valence-electron chi connectivity index (χ2n) is 8.00. The first-order chi connectivity index (χ1) is 16.6. The molecule has 0 unspecified atom stereocenters. The number of amides is 1. The molecule has 2 aromatic heterocycles. The van der Waals surface area contributed by atoms with Gasteiger partial charge in [-0.2, -0.15) is 13.2 Å². The molecule has 2 heterocycles. The average molecular weight is 482 g/mol. The number of halogens is 3. The van der Waals surface area contributed by atoms with Crippen molar-refractivity contribution in [3.05, 3.63) is 89.4 Å². The summed E-state index contributed by atoms with van der Waals surface area (Å²) < 4.78 is 41.3. The highest BCUT2D eigenvalue weighted by atomic mass is 19.4. The number of carbonyl (C=O) groups excluding carboxylic acids is 1. The largest absolute Gasteiger partial charge is 0.478 e. The second kappa shape index (κ2) is 9.13. The summed E-state index contributed by atoms with van der Waals surface area (Å²) in [6.07, 6.45) is -1.41. The van der Waals surface area contributed by atoms with Crippen LogP contribution in [0.15, 0.2) is 67.0 Å². The summed E-state index contributed by atoms with van der Waals surface area (Å²) in [5.74, 6) is -1.52. The van der Waals surface area contributed by atoms with Crippen LogP contribution in [0.4, 0.5) is 24.5 Å². The predicted octanol–water partition coefficient (Wildman–Crippen LogP) is 5.52. The molecule has 0 aliphatic carbocycles. The number of anilines is 2. The molecule has 35 heavy (non-hydrogen) atoms. The number of hydrogen-bond acceptors (Lipinski definition) is 4. The first-order valence-corrected chi connectivity index (χ1v) is 10.6. The number of nitrogens with zero attached hydrogens (tertiary/aromatic N) is 2. The maximum absolute atomic E-state index is 13.4. The van der Waals surface area contributed by atoms with Crippen LogP contribution in [0.5, 0.6) is 0 Å². The number of hydrogen-bond donors (Lipinski definition) is 3. The topological polar surface area (TPSA) is 96.3 Å². The van der Waals surface area contributed by atoms with Crippen molar-refractivity contribution in [1.29, 1.82) is 0 Å². The van der Waals surface area contributed by atoms with Gasteiger partial charge in [0.2, 0.25) is 0 Å². The SMILES string of the molecule is C[C@H](NC(=O)c1c(Nc2cccc(C(F)(F)F)c2)c2cnccc2n1C)c1ccc(C(=O)O)cc1. The minimum Gasteiger partial charge on any atom is -0.478 e. The van der Waals surface area contributed by atoms with Crippen molar-refractivity contribution < 1.29 is 27.9 Å². The van der Waals surface area contributed by atoms with Crippen molar-refractivity contribution in [2.24, 2.45) is 7.05 Å². The number of benzene rings is 2. The van der Waals surface area contributed by atoms with E-state index in [0.717, 1.165) is 12.1 Å². The van der Waals surface area contributed by atoms with Gasteiger partial charge in [-0.05, 0) is 48.9 Å². The minimum atomic E-state index is -4.51. The number of pyridine rings is 1. The highest BCUT2D eigenvalue weighted by Crippen LogP contribution is 2.35. The molecule has 0 spiro atoms. The molecule has 1 amide bonds. The lowest BCUT2D eigenvalue weighted by atomic mass is 10.1. The molecular formula is C25H21F3N4O3. The van der Waals surface area contributed by atoms with Crippen LogP contribution in [0.25, 0.3) is 10.9 Å².